The molecular formula is C6H18. The first-order valence-electron chi connectivity index (χ1n) is 2.83. The first kappa shape index (κ1) is 9.38. The number of hydrogen-bond acceptors (Lipinski definition) is 0. The molecule has 0 aromatic carbocycles. The maximum atomic E-state index is 2.12. The van der Waals surface area contributed by atoms with Crippen LogP contribution in [0.4, 0.5) is 0 Å². The highest BCUT2D eigenvalue weighted by Crippen LogP contribution is 1.56. The fourth-order valence-corrected chi connectivity index (χ4v) is 0. The van der Waals surface area contributed by atoms with E-state index in [4.69, 9.17) is 0 Å². The molecule has 0 rings (SSSR count). The highest BCUT2D eigenvalue weighted by atomic mass is 13.4. The van der Waals surface area contributed by atoms with E-state index in [2.05, 4.69) is 27.7 Å². The predicted octanol–water partition coefficient (Wildman–Crippen LogP) is 3.08. The van der Waals surface area contributed by atoms with Crippen molar-refractivity contribution < 1.29 is 1.43 Å². The Labute approximate surface area is 43.1 Å². The maximum Gasteiger partial charge on any atom is 0 e. The Morgan fingerprint density at radius 3 is 0.833 bits per heavy atom. The molecule has 0 aliphatic heterocycles. The summed E-state index contributed by atoms with van der Waals surface area (Å²) >= 11 is 0. The minimum Gasteiger partial charge on any atom is -0.0656 e. The quantitative estimate of drug-likeness (QED) is 0.430. The van der Waals surface area contributed by atoms with Crippen LogP contribution in [0, 0.1) is 0 Å². The van der Waals surface area contributed by atoms with Crippen LogP contribution in [0.5, 0.6) is 0 Å². The van der Waals surface area contributed by atoms with Crippen molar-refractivity contribution in [1.29, 1.82) is 0 Å². The van der Waals surface area contributed by atoms with E-state index in [0.29, 0.717) is 0 Å². The highest BCUT2D eigenvalue weighted by molar-refractivity contribution is 3.92. The zero-order valence-electron chi connectivity index (χ0n) is 5.41. The van der Waals surface area contributed by atoms with Crippen LogP contribution in [0.25, 0.3) is 0 Å². The van der Waals surface area contributed by atoms with Crippen molar-refractivity contribution in [2.24, 2.45) is 0 Å². The molecule has 0 amide bonds. The van der Waals surface area contributed by atoms with Gasteiger partial charge in [0.2, 0.25) is 0 Å². The average molecular weight is 92.2 g/mol. The van der Waals surface area contributed by atoms with Crippen LogP contribution in [0.1, 0.15) is 42.0 Å². The van der Waals surface area contributed by atoms with E-state index in [1.165, 1.54) is 12.8 Å². The standard InChI is InChI=1S/2C3H8.H2/c2*1-3-2;/h2*3H2,1-2H3;1H/i;;1+2. The fraction of sp³-hybridized carbons (Fsp3) is 1.00. The second-order valence-electron chi connectivity index (χ2n) is 1.41. The molecule has 0 heterocycles. The van der Waals surface area contributed by atoms with E-state index >= 15 is 0 Å². The third-order valence-electron chi connectivity index (χ3n) is 0. The van der Waals surface area contributed by atoms with Gasteiger partial charge >= 0.3 is 0 Å². The molecule has 0 fully saturated rings. The highest BCUT2D eigenvalue weighted by Gasteiger charge is 1.36. The lowest BCUT2D eigenvalue weighted by molar-refractivity contribution is 1.09. The zero-order valence-corrected chi connectivity index (χ0v) is 5.41. The van der Waals surface area contributed by atoms with Gasteiger partial charge in [0, 0.05) is 1.43 Å². The van der Waals surface area contributed by atoms with Gasteiger partial charge in [0.25, 0.3) is 0 Å². The Morgan fingerprint density at radius 2 is 0.833 bits per heavy atom. The summed E-state index contributed by atoms with van der Waals surface area (Å²) in [6.45, 7) is 8.50. The van der Waals surface area contributed by atoms with Crippen molar-refractivity contribution in [3.05, 3.63) is 0 Å². The van der Waals surface area contributed by atoms with Gasteiger partial charge in [-0.2, -0.15) is 0 Å². The van der Waals surface area contributed by atoms with Gasteiger partial charge in [0.05, 0.1) is 0 Å². The monoisotopic (exact) mass is 92.1 g/mol. The van der Waals surface area contributed by atoms with Crippen molar-refractivity contribution in [3.63, 3.8) is 0 Å². The normalized spacial score (nSPS) is 6.00. The molecule has 0 atom stereocenters. The maximum absolute atomic E-state index is 2.12. The Balaban J connectivity index is -0.0000000400. The summed E-state index contributed by atoms with van der Waals surface area (Å²) in [5, 5.41) is 0. The Kier molecular flexibility index (Phi) is 31.2. The molecular weight excluding hydrogens is 72.1 g/mol. The third-order valence-corrected chi connectivity index (χ3v) is 0. The van der Waals surface area contributed by atoms with Crippen LogP contribution in [0.3, 0.4) is 0 Å². The van der Waals surface area contributed by atoms with Crippen molar-refractivity contribution in [3.8, 4) is 0 Å². The molecule has 6 heavy (non-hydrogen) atoms. The summed E-state index contributed by atoms with van der Waals surface area (Å²) in [6, 6.07) is 0. The van der Waals surface area contributed by atoms with Crippen LogP contribution >= 0.6 is 0 Å². The van der Waals surface area contributed by atoms with E-state index in [9.17, 15) is 0 Å². The predicted molar refractivity (Wildman–Crippen MR) is 34.0 cm³/mol. The van der Waals surface area contributed by atoms with Gasteiger partial charge in [0.15, 0.2) is 0 Å². The molecule has 0 nitrogen and oxygen atoms in total. The Morgan fingerprint density at radius 1 is 0.833 bits per heavy atom. The second kappa shape index (κ2) is 20.0. The third kappa shape index (κ3) is 0. The van der Waals surface area contributed by atoms with Crippen molar-refractivity contribution in [2.45, 2.75) is 40.5 Å². The summed E-state index contributed by atoms with van der Waals surface area (Å²) < 4.78 is 0. The van der Waals surface area contributed by atoms with Gasteiger partial charge in [-0.3, -0.25) is 0 Å². The molecule has 0 spiro atoms. The SMILES string of the molecule is CCC.CCC.[3HH]. The van der Waals surface area contributed by atoms with E-state index in [0.717, 1.165) is 0 Å². The van der Waals surface area contributed by atoms with E-state index < -0.39 is 0 Å². The van der Waals surface area contributed by atoms with Gasteiger partial charge in [-0.25, -0.2) is 0 Å². The van der Waals surface area contributed by atoms with Gasteiger partial charge in [-0.05, 0) is 0 Å². The largest absolute Gasteiger partial charge is 0.0656 e. The number of hydrogen-bond donors (Lipinski definition) is 0. The lowest BCUT2D eigenvalue weighted by Crippen LogP contribution is -1.27. The molecule has 0 bridgehead atoms. The summed E-state index contributed by atoms with van der Waals surface area (Å²) in [5.74, 6) is 0. The van der Waals surface area contributed by atoms with Crippen LogP contribution in [-0.4, -0.2) is 0 Å². The molecule has 0 heteroatoms. The molecule has 0 N–H and O–H groups in total. The van der Waals surface area contributed by atoms with E-state index in [-0.39, 0.29) is 1.43 Å². The molecule has 0 saturated carbocycles. The molecule has 0 aliphatic rings. The van der Waals surface area contributed by atoms with Crippen LogP contribution in [-0.2, 0) is 0 Å². The lowest BCUT2D eigenvalue weighted by atomic mass is 10.6. The van der Waals surface area contributed by atoms with Crippen molar-refractivity contribution in [2.75, 3.05) is 0 Å². The van der Waals surface area contributed by atoms with E-state index in [1.54, 1.807) is 0 Å². The molecule has 0 radical (unpaired) electrons. The van der Waals surface area contributed by atoms with Crippen LogP contribution in [0.2, 0.25) is 0 Å². The van der Waals surface area contributed by atoms with Crippen LogP contribution in [0.15, 0.2) is 0 Å². The van der Waals surface area contributed by atoms with Crippen molar-refractivity contribution >= 4 is 0 Å². The first-order valence-corrected chi connectivity index (χ1v) is 2.83. The smallest absolute Gasteiger partial charge is 0 e. The van der Waals surface area contributed by atoms with Crippen LogP contribution < -0.4 is 0 Å². The topological polar surface area (TPSA) is 0 Å². The van der Waals surface area contributed by atoms with E-state index in [1.807, 2.05) is 0 Å². The summed E-state index contributed by atoms with van der Waals surface area (Å²) in [6.07, 6.45) is 2.50. The van der Waals surface area contributed by atoms with Gasteiger partial charge in [-0.15, -0.1) is 0 Å². The van der Waals surface area contributed by atoms with Gasteiger partial charge in [0.1, 0.15) is 0 Å². The minimum atomic E-state index is 0. The number of rotatable bonds is 0. The molecule has 0 aromatic rings. The van der Waals surface area contributed by atoms with Gasteiger partial charge < -0.3 is 0 Å². The van der Waals surface area contributed by atoms with Crippen molar-refractivity contribution in [1.82, 2.24) is 0 Å². The fourth-order valence-electron chi connectivity index (χ4n) is 0. The molecule has 0 unspecified atom stereocenters. The lowest BCUT2D eigenvalue weighted by Gasteiger charge is -1.48. The minimum absolute atomic E-state index is 0. The van der Waals surface area contributed by atoms with Gasteiger partial charge in [-0.1, -0.05) is 40.5 Å². The zero-order chi connectivity index (χ0) is 5.41. The molecule has 0 aliphatic carbocycles. The summed E-state index contributed by atoms with van der Waals surface area (Å²) in [5.41, 5.74) is 0. The molecule has 0 aromatic heterocycles. The molecule has 42 valence electrons. The average Bonchev–Trinajstić information content (AvgIpc) is 1.39. The molecule has 0 saturated heterocycles. The summed E-state index contributed by atoms with van der Waals surface area (Å²) in [7, 11) is 0. The Hall–Kier alpha value is 0. The second-order valence-corrected chi connectivity index (χ2v) is 1.41. The summed E-state index contributed by atoms with van der Waals surface area (Å²) in [4.78, 5) is 0. The first-order chi connectivity index (χ1) is 2.83. The Bertz CT molecular complexity index is 6.14.